The minimum Gasteiger partial charge on any atom is -0.467 e. The summed E-state index contributed by atoms with van der Waals surface area (Å²) >= 11 is 1.56. The topological polar surface area (TPSA) is 58.6 Å². The summed E-state index contributed by atoms with van der Waals surface area (Å²) in [4.78, 5) is 27.2. The lowest BCUT2D eigenvalue weighted by molar-refractivity contribution is -0.147. The van der Waals surface area contributed by atoms with Gasteiger partial charge in [-0.15, -0.1) is 0 Å². The van der Waals surface area contributed by atoms with Crippen molar-refractivity contribution < 1.29 is 27.5 Å². The van der Waals surface area contributed by atoms with E-state index in [1.165, 1.54) is 18.4 Å². The van der Waals surface area contributed by atoms with E-state index in [4.69, 9.17) is 4.74 Å². The van der Waals surface area contributed by atoms with Crippen LogP contribution in [0.1, 0.15) is 66.4 Å². The average molecular weight is 579 g/mol. The molecule has 2 aromatic rings. The number of thioether (sulfide) groups is 1. The second kappa shape index (κ2) is 15.5. The molecule has 220 valence electrons. The third-order valence-electron chi connectivity index (χ3n) is 7.55. The zero-order valence-electron chi connectivity index (χ0n) is 23.7. The largest absolute Gasteiger partial charge is 0.467 e. The number of ether oxygens (including phenoxy) is 1. The molecule has 1 aliphatic rings. The van der Waals surface area contributed by atoms with E-state index >= 15 is 0 Å². The fraction of sp³-hybridized carbons (Fsp3) is 0.548. The monoisotopic (exact) mass is 578 g/mol. The number of methoxy groups -OCH3 is 1. The van der Waals surface area contributed by atoms with Crippen LogP contribution in [0.15, 0.2) is 42.5 Å². The maximum atomic E-state index is 13.5. The molecule has 3 rings (SSSR count). The van der Waals surface area contributed by atoms with E-state index < -0.39 is 30.6 Å². The predicted octanol–water partition coefficient (Wildman–Crippen LogP) is 7.02. The average Bonchev–Trinajstić information content (AvgIpc) is 2.93. The molecular weight excluding hydrogens is 537 g/mol. The van der Waals surface area contributed by atoms with Gasteiger partial charge in [0.1, 0.15) is 6.04 Å². The van der Waals surface area contributed by atoms with Crippen LogP contribution in [0.3, 0.4) is 0 Å². The van der Waals surface area contributed by atoms with E-state index in [0.717, 1.165) is 43.2 Å². The Labute approximate surface area is 240 Å². The van der Waals surface area contributed by atoms with E-state index in [9.17, 15) is 22.8 Å². The zero-order chi connectivity index (χ0) is 29.1. The summed E-state index contributed by atoms with van der Waals surface area (Å²) in [6.07, 6.45) is 4.49. The number of amides is 1. The molecule has 1 atom stereocenters. The van der Waals surface area contributed by atoms with Crippen molar-refractivity contribution >= 4 is 23.6 Å². The van der Waals surface area contributed by atoms with Gasteiger partial charge in [0.25, 0.3) is 5.91 Å². The van der Waals surface area contributed by atoms with Crippen LogP contribution < -0.4 is 5.32 Å². The molecule has 0 aromatic heterocycles. The van der Waals surface area contributed by atoms with Crippen molar-refractivity contribution in [3.63, 3.8) is 0 Å². The molecule has 0 heterocycles. The summed E-state index contributed by atoms with van der Waals surface area (Å²) in [5.74, 6) is 0.203. The first kappa shape index (κ1) is 32.0. The molecule has 1 N–H and O–H groups in total. The summed E-state index contributed by atoms with van der Waals surface area (Å²) in [5.41, 5.74) is 3.44. The highest BCUT2D eigenvalue weighted by atomic mass is 32.2. The number of nitrogens with one attached hydrogen (secondary N) is 1. The quantitative estimate of drug-likeness (QED) is 0.259. The number of nitrogens with zero attached hydrogens (tertiary/aromatic N) is 1. The minimum atomic E-state index is -4.30. The third-order valence-corrected chi connectivity index (χ3v) is 8.20. The first-order chi connectivity index (χ1) is 19.1. The van der Waals surface area contributed by atoms with E-state index in [1.807, 2.05) is 43.5 Å². The number of alkyl halides is 3. The van der Waals surface area contributed by atoms with Crippen molar-refractivity contribution in [2.75, 3.05) is 32.2 Å². The van der Waals surface area contributed by atoms with E-state index in [-0.39, 0.29) is 6.54 Å². The molecule has 1 amide bonds. The molecule has 0 saturated heterocycles. The molecule has 2 aromatic carbocycles. The van der Waals surface area contributed by atoms with Crippen LogP contribution >= 0.6 is 11.8 Å². The van der Waals surface area contributed by atoms with E-state index in [1.54, 1.807) is 23.9 Å². The number of hydrogen-bond donors (Lipinski definition) is 1. The molecule has 0 spiro atoms. The summed E-state index contributed by atoms with van der Waals surface area (Å²) < 4.78 is 45.4. The Balaban J connectivity index is 1.90. The highest BCUT2D eigenvalue weighted by molar-refractivity contribution is 7.98. The van der Waals surface area contributed by atoms with Gasteiger partial charge < -0.3 is 10.1 Å². The van der Waals surface area contributed by atoms with Gasteiger partial charge in [-0.1, -0.05) is 62.4 Å². The van der Waals surface area contributed by atoms with E-state index in [2.05, 4.69) is 5.32 Å². The molecular formula is C31H41F3N2O3S. The first-order valence-electron chi connectivity index (χ1n) is 14.0. The van der Waals surface area contributed by atoms with Crippen LogP contribution in [0.4, 0.5) is 13.2 Å². The molecule has 5 nitrogen and oxygen atoms in total. The van der Waals surface area contributed by atoms with Crippen LogP contribution in [0, 0.1) is 12.8 Å². The fourth-order valence-corrected chi connectivity index (χ4v) is 5.89. The predicted molar refractivity (Wildman–Crippen MR) is 155 cm³/mol. The standard InChI is InChI=1S/C31H41F3N2O3S/c1-22-9-7-8-12-25(22)27-19-24(13-14-26(27)29(37)35-28(16-18-40-3)30(38)39-2)20-36(21-31(32,33)34)17-15-23-10-5-4-6-11-23/h7-9,12-14,19,23,28H,4-6,10-11,15-18,20-21H2,1-3H3,(H,35,37)/t28-/m0/s1. The molecule has 1 aliphatic carbocycles. The summed E-state index contributed by atoms with van der Waals surface area (Å²) in [6, 6.07) is 12.0. The van der Waals surface area contributed by atoms with Crippen molar-refractivity contribution in [1.29, 1.82) is 0 Å². The van der Waals surface area contributed by atoms with Gasteiger partial charge in [0.15, 0.2) is 0 Å². The lowest BCUT2D eigenvalue weighted by Crippen LogP contribution is -2.42. The number of halogens is 3. The van der Waals surface area contributed by atoms with Crippen molar-refractivity contribution in [2.24, 2.45) is 5.92 Å². The molecule has 0 unspecified atom stereocenters. The van der Waals surface area contributed by atoms with Gasteiger partial charge in [-0.2, -0.15) is 24.9 Å². The normalized spacial score (nSPS) is 15.2. The Morgan fingerprint density at radius 3 is 2.48 bits per heavy atom. The smallest absolute Gasteiger partial charge is 0.401 e. The van der Waals surface area contributed by atoms with Gasteiger partial charge in [0.2, 0.25) is 0 Å². The highest BCUT2D eigenvalue weighted by Gasteiger charge is 2.31. The van der Waals surface area contributed by atoms with E-state index in [0.29, 0.717) is 41.3 Å². The summed E-state index contributed by atoms with van der Waals surface area (Å²) in [7, 11) is 1.29. The van der Waals surface area contributed by atoms with Crippen LogP contribution in [0.25, 0.3) is 11.1 Å². The van der Waals surface area contributed by atoms with Gasteiger partial charge in [-0.3, -0.25) is 9.69 Å². The lowest BCUT2D eigenvalue weighted by Gasteiger charge is -2.28. The van der Waals surface area contributed by atoms with Crippen molar-refractivity contribution in [3.05, 3.63) is 59.2 Å². The highest BCUT2D eigenvalue weighted by Crippen LogP contribution is 2.31. The SMILES string of the molecule is COC(=O)[C@H](CCSC)NC(=O)c1ccc(CN(CCC2CCCCC2)CC(F)(F)F)cc1-c1ccccc1C. The van der Waals surface area contributed by atoms with Gasteiger partial charge in [0.05, 0.1) is 13.7 Å². The Morgan fingerprint density at radius 1 is 1.10 bits per heavy atom. The first-order valence-corrected chi connectivity index (χ1v) is 15.4. The van der Waals surface area contributed by atoms with Gasteiger partial charge in [-0.25, -0.2) is 4.79 Å². The maximum absolute atomic E-state index is 13.5. The number of benzene rings is 2. The molecule has 0 aliphatic heterocycles. The van der Waals surface area contributed by atoms with Crippen LogP contribution in [0.5, 0.6) is 0 Å². The van der Waals surface area contributed by atoms with Crippen LogP contribution in [-0.4, -0.2) is 61.2 Å². The zero-order valence-corrected chi connectivity index (χ0v) is 24.5. The Kier molecular flexibility index (Phi) is 12.4. The number of carbonyl (C=O) groups is 2. The van der Waals surface area contributed by atoms with Gasteiger partial charge in [0, 0.05) is 12.1 Å². The van der Waals surface area contributed by atoms with Crippen LogP contribution in [-0.2, 0) is 16.1 Å². The third kappa shape index (κ3) is 9.84. The van der Waals surface area contributed by atoms with Crippen LogP contribution in [0.2, 0.25) is 0 Å². The lowest BCUT2D eigenvalue weighted by atomic mass is 9.87. The van der Waals surface area contributed by atoms with Crippen molar-refractivity contribution in [2.45, 2.75) is 70.6 Å². The Hall–Kier alpha value is -2.52. The number of carbonyl (C=O) groups excluding carboxylic acids is 2. The number of hydrogen-bond acceptors (Lipinski definition) is 5. The Bertz CT molecular complexity index is 1120. The molecule has 1 fully saturated rings. The molecule has 40 heavy (non-hydrogen) atoms. The Morgan fingerprint density at radius 2 is 1.82 bits per heavy atom. The second-order valence-electron chi connectivity index (χ2n) is 10.6. The molecule has 9 heteroatoms. The minimum absolute atomic E-state index is 0.130. The number of aryl methyl sites for hydroxylation is 1. The van der Waals surface area contributed by atoms with Gasteiger partial charge >= 0.3 is 12.1 Å². The van der Waals surface area contributed by atoms with Crippen molar-refractivity contribution in [1.82, 2.24) is 10.2 Å². The summed E-state index contributed by atoms with van der Waals surface area (Å²) in [5, 5.41) is 2.81. The number of esters is 1. The molecule has 0 bridgehead atoms. The summed E-state index contributed by atoms with van der Waals surface area (Å²) in [6.45, 7) is 1.46. The second-order valence-corrected chi connectivity index (χ2v) is 11.6. The fourth-order valence-electron chi connectivity index (χ4n) is 5.42. The number of rotatable bonds is 13. The van der Waals surface area contributed by atoms with Gasteiger partial charge in [-0.05, 0) is 78.6 Å². The molecule has 1 saturated carbocycles. The maximum Gasteiger partial charge on any atom is 0.401 e. The molecule has 0 radical (unpaired) electrons. The van der Waals surface area contributed by atoms with Crippen molar-refractivity contribution in [3.8, 4) is 11.1 Å².